The van der Waals surface area contributed by atoms with Crippen molar-refractivity contribution >= 4 is 52.7 Å². The Morgan fingerprint density at radius 2 is 1.61 bits per heavy atom. The zero-order chi connectivity index (χ0) is 33.9. The Morgan fingerprint density at radius 1 is 0.978 bits per heavy atom. The molecule has 0 atom stereocenters. The highest BCUT2D eigenvalue weighted by molar-refractivity contribution is 8.13. The van der Waals surface area contributed by atoms with Crippen molar-refractivity contribution < 1.29 is 32.2 Å². The average Bonchev–Trinajstić information content (AvgIpc) is 2.98. The van der Waals surface area contributed by atoms with E-state index < -0.39 is 11.8 Å². The van der Waals surface area contributed by atoms with Crippen LogP contribution in [-0.4, -0.2) is 48.9 Å². The largest absolute Gasteiger partial charge is 0.573 e. The maximum atomic E-state index is 12.3. The van der Waals surface area contributed by atoms with Crippen LogP contribution >= 0.6 is 11.8 Å². The molecule has 3 N–H and O–H groups in total. The highest BCUT2D eigenvalue weighted by Gasteiger charge is 2.31. The van der Waals surface area contributed by atoms with Crippen molar-refractivity contribution in [2.75, 3.05) is 13.0 Å². The highest BCUT2D eigenvalue weighted by Crippen LogP contribution is 2.30. The van der Waals surface area contributed by atoms with Gasteiger partial charge in [0.15, 0.2) is 5.17 Å². The van der Waals surface area contributed by atoms with Gasteiger partial charge in [-0.25, -0.2) is 15.0 Å². The van der Waals surface area contributed by atoms with Gasteiger partial charge in [0, 0.05) is 5.56 Å². The number of rotatable bonds is 10. The number of carbonyl (C=O) groups is 1. The molecule has 0 saturated carbocycles. The lowest BCUT2D eigenvalue weighted by Crippen LogP contribution is -2.24. The molecule has 0 fully saturated rings. The van der Waals surface area contributed by atoms with Crippen molar-refractivity contribution in [3.8, 4) is 11.5 Å². The lowest BCUT2D eigenvalue weighted by Gasteiger charge is -2.16. The summed E-state index contributed by atoms with van der Waals surface area (Å²) in [5.41, 5.74) is 12.6. The molecule has 0 aliphatic rings. The topological polar surface area (TPSA) is 132 Å². The number of nitrogens with two attached hydrogens (primary N) is 1. The summed E-state index contributed by atoms with van der Waals surface area (Å²) in [4.78, 5) is 25.1. The number of hydrazone groups is 1. The van der Waals surface area contributed by atoms with Gasteiger partial charge in [-0.1, -0.05) is 24.3 Å². The van der Waals surface area contributed by atoms with E-state index in [0.717, 1.165) is 40.3 Å². The van der Waals surface area contributed by atoms with Gasteiger partial charge in [-0.15, -0.1) is 13.2 Å². The van der Waals surface area contributed by atoms with Crippen molar-refractivity contribution in [1.82, 2.24) is 5.43 Å². The Bertz CT molecular complexity index is 1590. The zero-order valence-electron chi connectivity index (χ0n) is 26.2. The predicted molar refractivity (Wildman–Crippen MR) is 177 cm³/mol. The summed E-state index contributed by atoms with van der Waals surface area (Å²) in [6.45, 7) is 9.20. The quantitative estimate of drug-likeness (QED) is 0.0778. The number of nitrogens with one attached hydrogen (secondary N) is 1. The molecule has 14 heteroatoms. The first-order valence-electron chi connectivity index (χ1n) is 13.8. The fourth-order valence-corrected chi connectivity index (χ4v) is 4.18. The van der Waals surface area contributed by atoms with Gasteiger partial charge in [0.2, 0.25) is 0 Å². The minimum absolute atomic E-state index is 0.0418. The number of hydrogen-bond acceptors (Lipinski definition) is 8. The molecule has 3 aromatic rings. The second-order valence-electron chi connectivity index (χ2n) is 10.8. The molecular formula is C32H35F3N6O4S. The predicted octanol–water partition coefficient (Wildman–Crippen LogP) is 7.17. The fraction of sp³-hybridized carbons (Fsp3) is 0.281. The van der Waals surface area contributed by atoms with E-state index in [1.165, 1.54) is 30.2 Å². The van der Waals surface area contributed by atoms with Gasteiger partial charge in [-0.3, -0.25) is 10.2 Å². The van der Waals surface area contributed by atoms with Gasteiger partial charge in [0.05, 0.1) is 30.1 Å². The number of ether oxygens (including phenoxy) is 3. The lowest BCUT2D eigenvalue weighted by atomic mass is 9.98. The Kier molecular flexibility index (Phi) is 12.3. The minimum atomic E-state index is -4.77. The molecule has 0 aliphatic heterocycles. The van der Waals surface area contributed by atoms with Crippen LogP contribution in [0.5, 0.6) is 11.5 Å². The summed E-state index contributed by atoms with van der Waals surface area (Å²) in [7, 11) is 1.60. The third-order valence-electron chi connectivity index (χ3n) is 5.97. The molecule has 0 radical (unpaired) electrons. The minimum Gasteiger partial charge on any atom is -0.497 e. The number of alkyl halides is 3. The second kappa shape index (κ2) is 15.9. The van der Waals surface area contributed by atoms with E-state index in [0.29, 0.717) is 16.4 Å². The fourth-order valence-electron chi connectivity index (χ4n) is 3.62. The summed E-state index contributed by atoms with van der Waals surface area (Å²) in [5, 5.41) is 4.74. The number of aryl methyl sites for hydroxylation is 2. The number of halogens is 3. The second-order valence-corrected chi connectivity index (χ2v) is 11.7. The first-order valence-corrected chi connectivity index (χ1v) is 14.8. The van der Waals surface area contributed by atoms with Crippen LogP contribution in [0.25, 0.3) is 0 Å². The number of methoxy groups -OCH3 is 1. The van der Waals surface area contributed by atoms with E-state index in [4.69, 9.17) is 20.2 Å². The standard InChI is InChI=1S/C32H35F3N6O4S/c1-20-15-26(43-6)16-21(2)27(20)40-30(46-19-44-29(42)31(3,4)5)41-39-17-22-7-9-23(10-8-22)28(36)38-18-37-24-11-13-25(14-12-24)45-32(33,34)35/h7-18H,19H2,1-6H3,(H,40,41)(H2,36,37,38)/b39-17+. The van der Waals surface area contributed by atoms with E-state index in [9.17, 15) is 18.0 Å². The molecule has 46 heavy (non-hydrogen) atoms. The number of esters is 1. The summed E-state index contributed by atoms with van der Waals surface area (Å²) in [5.74, 6) is 0.271. The van der Waals surface area contributed by atoms with Crippen molar-refractivity contribution in [1.29, 1.82) is 0 Å². The zero-order valence-corrected chi connectivity index (χ0v) is 27.0. The van der Waals surface area contributed by atoms with E-state index in [-0.39, 0.29) is 23.5 Å². The van der Waals surface area contributed by atoms with Crippen LogP contribution in [0.15, 0.2) is 80.7 Å². The molecule has 0 bridgehead atoms. The Morgan fingerprint density at radius 3 is 2.17 bits per heavy atom. The number of carbonyl (C=O) groups excluding carboxylic acids is 1. The molecule has 244 valence electrons. The molecule has 0 aromatic heterocycles. The summed E-state index contributed by atoms with van der Waals surface area (Å²) in [6.07, 6.45) is -1.97. The molecule has 0 saturated heterocycles. The number of benzene rings is 3. The van der Waals surface area contributed by atoms with E-state index >= 15 is 0 Å². The van der Waals surface area contributed by atoms with Crippen LogP contribution in [0, 0.1) is 19.3 Å². The Hall–Kier alpha value is -4.85. The monoisotopic (exact) mass is 656 g/mol. The number of hydrogen-bond donors (Lipinski definition) is 2. The Balaban J connectivity index is 1.68. The lowest BCUT2D eigenvalue weighted by molar-refractivity contribution is -0.274. The van der Waals surface area contributed by atoms with Crippen LogP contribution in [0.1, 0.15) is 43.0 Å². The van der Waals surface area contributed by atoms with Gasteiger partial charge in [0.25, 0.3) is 0 Å². The van der Waals surface area contributed by atoms with E-state index in [2.05, 4.69) is 25.2 Å². The van der Waals surface area contributed by atoms with Crippen molar-refractivity contribution in [2.45, 2.75) is 41.0 Å². The summed E-state index contributed by atoms with van der Waals surface area (Å²) < 4.78 is 51.5. The molecule has 0 amide bonds. The van der Waals surface area contributed by atoms with Gasteiger partial charge in [-0.2, -0.15) is 5.10 Å². The third kappa shape index (κ3) is 11.6. The molecule has 0 spiro atoms. The molecule has 0 heterocycles. The van der Waals surface area contributed by atoms with E-state index in [1.54, 1.807) is 58.4 Å². The van der Waals surface area contributed by atoms with Gasteiger partial charge in [-0.05, 0) is 99.5 Å². The maximum absolute atomic E-state index is 12.3. The maximum Gasteiger partial charge on any atom is 0.573 e. The molecule has 0 aliphatic carbocycles. The summed E-state index contributed by atoms with van der Waals surface area (Å²) in [6, 6.07) is 15.8. The number of thioether (sulfide) groups is 1. The van der Waals surface area contributed by atoms with Crippen molar-refractivity contribution in [2.24, 2.45) is 31.2 Å². The van der Waals surface area contributed by atoms with Crippen LogP contribution in [0.3, 0.4) is 0 Å². The van der Waals surface area contributed by atoms with E-state index in [1.807, 2.05) is 26.0 Å². The molecule has 3 rings (SSSR count). The van der Waals surface area contributed by atoms with Gasteiger partial charge < -0.3 is 19.9 Å². The molecule has 0 unspecified atom stereocenters. The average molecular weight is 657 g/mol. The SMILES string of the molecule is COc1cc(C)c(N=C(N/N=C/c2ccc(C(N)=NC=Nc3ccc(OC(F)(F)F)cc3)cc2)SCOC(=O)C(C)(C)C)c(C)c1. The highest BCUT2D eigenvalue weighted by atomic mass is 32.2. The smallest absolute Gasteiger partial charge is 0.497 e. The number of amidine groups is 2. The van der Waals surface area contributed by atoms with Crippen LogP contribution < -0.4 is 20.6 Å². The number of nitrogens with zero attached hydrogens (tertiary/aromatic N) is 4. The van der Waals surface area contributed by atoms with Crippen LogP contribution in [0.2, 0.25) is 0 Å². The molecular weight excluding hydrogens is 621 g/mol. The third-order valence-corrected chi connectivity index (χ3v) is 6.66. The normalized spacial score (nSPS) is 12.9. The van der Waals surface area contributed by atoms with Crippen molar-refractivity contribution in [3.63, 3.8) is 0 Å². The van der Waals surface area contributed by atoms with Crippen molar-refractivity contribution in [3.05, 3.63) is 82.9 Å². The molecule has 3 aromatic carbocycles. The number of aliphatic imine (C=N–C) groups is 3. The van der Waals surface area contributed by atoms with Crippen LogP contribution in [-0.2, 0) is 9.53 Å². The van der Waals surface area contributed by atoms with Gasteiger partial charge >= 0.3 is 12.3 Å². The first-order chi connectivity index (χ1) is 21.6. The first kappa shape index (κ1) is 35.6. The van der Waals surface area contributed by atoms with Gasteiger partial charge in [0.1, 0.15) is 29.6 Å². The van der Waals surface area contributed by atoms with Crippen LogP contribution in [0.4, 0.5) is 24.5 Å². The molecule has 10 nitrogen and oxygen atoms in total. The Labute approximate surface area is 269 Å². The summed E-state index contributed by atoms with van der Waals surface area (Å²) >= 11 is 1.19.